The van der Waals surface area contributed by atoms with E-state index in [2.05, 4.69) is 34.6 Å². The summed E-state index contributed by atoms with van der Waals surface area (Å²) in [4.78, 5) is 16.6. The Morgan fingerprint density at radius 1 is 1.24 bits per heavy atom. The molecule has 1 aliphatic rings. The minimum absolute atomic E-state index is 0.0268. The number of furan rings is 1. The molecule has 0 spiro atoms. The van der Waals surface area contributed by atoms with Crippen molar-refractivity contribution in [2.24, 2.45) is 5.92 Å². The van der Waals surface area contributed by atoms with Crippen LogP contribution in [0.4, 0.5) is 0 Å². The summed E-state index contributed by atoms with van der Waals surface area (Å²) in [7, 11) is 0. The molecular weight excluding hydrogens is 316 g/mol. The summed E-state index contributed by atoms with van der Waals surface area (Å²) < 4.78 is 10.9. The largest absolute Gasteiger partial charge is 0.459 e. The molecule has 0 aliphatic heterocycles. The van der Waals surface area contributed by atoms with Crippen molar-refractivity contribution in [2.45, 2.75) is 25.7 Å². The van der Waals surface area contributed by atoms with Gasteiger partial charge in [-0.1, -0.05) is 30.3 Å². The predicted octanol–water partition coefficient (Wildman–Crippen LogP) is 3.71. The van der Waals surface area contributed by atoms with Gasteiger partial charge in [-0.05, 0) is 42.9 Å². The average molecular weight is 336 g/mol. The second kappa shape index (κ2) is 6.59. The predicted molar refractivity (Wildman–Crippen MR) is 92.9 cm³/mol. The molecule has 1 fully saturated rings. The molecule has 128 valence electrons. The summed E-state index contributed by atoms with van der Waals surface area (Å²) in [6, 6.07) is 14.0. The molecule has 1 aromatic carbocycles. The van der Waals surface area contributed by atoms with Crippen LogP contribution in [0.5, 0.6) is 0 Å². The van der Waals surface area contributed by atoms with Crippen LogP contribution in [0.25, 0.3) is 11.7 Å². The average Bonchev–Trinajstić information content (AvgIpc) is 3.00. The second-order valence-electron chi connectivity index (χ2n) is 6.49. The second-order valence-corrected chi connectivity index (χ2v) is 6.49. The first-order valence-corrected chi connectivity index (χ1v) is 8.52. The lowest BCUT2D eigenvalue weighted by atomic mass is 10.1. The van der Waals surface area contributed by atoms with Crippen LogP contribution < -0.4 is 5.32 Å². The van der Waals surface area contributed by atoms with E-state index in [0.717, 1.165) is 6.42 Å². The number of hydrogen-bond acceptors (Lipinski definition) is 4. The number of carbonyl (C=O) groups is 1. The van der Waals surface area contributed by atoms with E-state index in [4.69, 9.17) is 8.83 Å². The highest BCUT2D eigenvalue weighted by Gasteiger charge is 2.38. The van der Waals surface area contributed by atoms with Gasteiger partial charge >= 0.3 is 0 Å². The van der Waals surface area contributed by atoms with Crippen molar-refractivity contribution in [3.05, 3.63) is 65.7 Å². The Morgan fingerprint density at radius 2 is 2.08 bits per heavy atom. The SMILES string of the molecule is Cc1oc(-c2ccco2)nc1CC(=O)NC[C@@H]1C[C@@H]1c1ccccc1. The van der Waals surface area contributed by atoms with Crippen LogP contribution in [0.15, 0.2) is 57.6 Å². The molecule has 0 saturated heterocycles. The molecule has 1 amide bonds. The van der Waals surface area contributed by atoms with Gasteiger partial charge in [-0.15, -0.1) is 0 Å². The highest BCUT2D eigenvalue weighted by Crippen LogP contribution is 2.46. The summed E-state index contributed by atoms with van der Waals surface area (Å²) in [5.41, 5.74) is 2.01. The Kier molecular flexibility index (Phi) is 4.14. The first kappa shape index (κ1) is 15.7. The summed E-state index contributed by atoms with van der Waals surface area (Å²) in [6.45, 7) is 2.52. The van der Waals surface area contributed by atoms with Gasteiger partial charge in [0.05, 0.1) is 18.4 Å². The maximum atomic E-state index is 12.2. The van der Waals surface area contributed by atoms with E-state index < -0.39 is 0 Å². The molecule has 5 heteroatoms. The Balaban J connectivity index is 1.30. The standard InChI is InChI=1S/C20H20N2O3/c1-13-17(22-20(25-13)18-8-5-9-24-18)11-19(23)21-12-15-10-16(15)14-6-3-2-4-7-14/h2-9,15-16H,10-12H2,1H3,(H,21,23)/t15-,16+/m0/s1. The molecule has 0 bridgehead atoms. The van der Waals surface area contributed by atoms with Gasteiger partial charge < -0.3 is 14.2 Å². The van der Waals surface area contributed by atoms with E-state index in [9.17, 15) is 4.79 Å². The highest BCUT2D eigenvalue weighted by molar-refractivity contribution is 5.78. The summed E-state index contributed by atoms with van der Waals surface area (Å²) in [5, 5.41) is 3.02. The van der Waals surface area contributed by atoms with Crippen LogP contribution in [0.3, 0.4) is 0 Å². The first-order chi connectivity index (χ1) is 12.2. The van der Waals surface area contributed by atoms with Crippen LogP contribution in [-0.4, -0.2) is 17.4 Å². The third-order valence-electron chi connectivity index (χ3n) is 4.66. The lowest BCUT2D eigenvalue weighted by Gasteiger charge is -2.04. The van der Waals surface area contributed by atoms with Crippen molar-refractivity contribution in [3.63, 3.8) is 0 Å². The number of aryl methyl sites for hydroxylation is 1. The fourth-order valence-corrected chi connectivity index (χ4v) is 3.14. The quantitative estimate of drug-likeness (QED) is 0.745. The van der Waals surface area contributed by atoms with Gasteiger partial charge in [-0.3, -0.25) is 4.79 Å². The minimum atomic E-state index is -0.0268. The number of carbonyl (C=O) groups excluding carboxylic acids is 1. The van der Waals surface area contributed by atoms with Gasteiger partial charge in [0, 0.05) is 6.54 Å². The maximum Gasteiger partial charge on any atom is 0.263 e. The molecule has 3 aromatic rings. The van der Waals surface area contributed by atoms with E-state index in [1.165, 1.54) is 5.56 Å². The van der Waals surface area contributed by atoms with Crippen molar-refractivity contribution in [2.75, 3.05) is 6.54 Å². The Morgan fingerprint density at radius 3 is 2.84 bits per heavy atom. The third kappa shape index (κ3) is 3.50. The van der Waals surface area contributed by atoms with E-state index in [0.29, 0.717) is 41.5 Å². The molecular formula is C20H20N2O3. The molecule has 1 N–H and O–H groups in total. The van der Waals surface area contributed by atoms with Crippen LogP contribution in [0.2, 0.25) is 0 Å². The van der Waals surface area contributed by atoms with Crippen molar-refractivity contribution < 1.29 is 13.6 Å². The number of aromatic nitrogens is 1. The van der Waals surface area contributed by atoms with E-state index in [1.807, 2.05) is 13.0 Å². The third-order valence-corrected chi connectivity index (χ3v) is 4.66. The van der Waals surface area contributed by atoms with Gasteiger partial charge in [0.15, 0.2) is 5.76 Å². The number of benzene rings is 1. The van der Waals surface area contributed by atoms with Crippen molar-refractivity contribution in [1.29, 1.82) is 0 Å². The molecule has 5 nitrogen and oxygen atoms in total. The first-order valence-electron chi connectivity index (χ1n) is 8.52. The topological polar surface area (TPSA) is 68.3 Å². The zero-order valence-electron chi connectivity index (χ0n) is 14.1. The molecule has 1 aliphatic carbocycles. The van der Waals surface area contributed by atoms with Crippen LogP contribution in [-0.2, 0) is 11.2 Å². The molecule has 4 rings (SSSR count). The zero-order valence-corrected chi connectivity index (χ0v) is 14.1. The van der Waals surface area contributed by atoms with Gasteiger partial charge in [-0.25, -0.2) is 4.98 Å². The molecule has 2 atom stereocenters. The molecule has 2 heterocycles. The lowest BCUT2D eigenvalue weighted by Crippen LogP contribution is -2.27. The molecule has 0 radical (unpaired) electrons. The Hall–Kier alpha value is -2.82. The van der Waals surface area contributed by atoms with Crippen molar-refractivity contribution in [3.8, 4) is 11.7 Å². The molecule has 0 unspecified atom stereocenters. The Labute approximate surface area is 146 Å². The van der Waals surface area contributed by atoms with Gasteiger partial charge in [-0.2, -0.15) is 0 Å². The number of nitrogens with one attached hydrogen (secondary N) is 1. The number of amides is 1. The van der Waals surface area contributed by atoms with Crippen LogP contribution in [0.1, 0.15) is 29.4 Å². The molecule has 2 aromatic heterocycles. The monoisotopic (exact) mass is 336 g/mol. The Bertz CT molecular complexity index is 852. The van der Waals surface area contributed by atoms with Gasteiger partial charge in [0.25, 0.3) is 5.89 Å². The number of oxazole rings is 1. The lowest BCUT2D eigenvalue weighted by molar-refractivity contribution is -0.120. The van der Waals surface area contributed by atoms with Crippen molar-refractivity contribution in [1.82, 2.24) is 10.3 Å². The van der Waals surface area contributed by atoms with E-state index in [1.54, 1.807) is 18.4 Å². The van der Waals surface area contributed by atoms with Crippen LogP contribution in [0, 0.1) is 12.8 Å². The number of hydrogen-bond donors (Lipinski definition) is 1. The summed E-state index contributed by atoms with van der Waals surface area (Å²) >= 11 is 0. The summed E-state index contributed by atoms with van der Waals surface area (Å²) in [5.74, 6) is 2.70. The number of rotatable bonds is 6. The fourth-order valence-electron chi connectivity index (χ4n) is 3.14. The van der Waals surface area contributed by atoms with Gasteiger partial charge in [0.2, 0.25) is 5.91 Å². The minimum Gasteiger partial charge on any atom is -0.459 e. The van der Waals surface area contributed by atoms with Crippen molar-refractivity contribution >= 4 is 5.91 Å². The highest BCUT2D eigenvalue weighted by atomic mass is 16.4. The van der Waals surface area contributed by atoms with Gasteiger partial charge in [0.1, 0.15) is 5.76 Å². The fraction of sp³-hybridized carbons (Fsp3) is 0.300. The smallest absolute Gasteiger partial charge is 0.263 e. The van der Waals surface area contributed by atoms with Crippen LogP contribution >= 0.6 is 0 Å². The molecule has 25 heavy (non-hydrogen) atoms. The van der Waals surface area contributed by atoms with E-state index in [-0.39, 0.29) is 12.3 Å². The zero-order chi connectivity index (χ0) is 17.2. The summed E-state index contributed by atoms with van der Waals surface area (Å²) in [6.07, 6.45) is 2.93. The normalized spacial score (nSPS) is 18.9. The molecule has 1 saturated carbocycles. The van der Waals surface area contributed by atoms with E-state index >= 15 is 0 Å². The maximum absolute atomic E-state index is 12.2. The number of nitrogens with zero attached hydrogens (tertiary/aromatic N) is 1.